The summed E-state index contributed by atoms with van der Waals surface area (Å²) in [5, 5.41) is 2.48. The highest BCUT2D eigenvalue weighted by Gasteiger charge is 2.27. The first-order valence-electron chi connectivity index (χ1n) is 6.74. The van der Waals surface area contributed by atoms with Crippen molar-refractivity contribution in [1.29, 1.82) is 0 Å². The van der Waals surface area contributed by atoms with Crippen LogP contribution in [0.25, 0.3) is 10.8 Å². The zero-order valence-corrected chi connectivity index (χ0v) is 11.5. The van der Waals surface area contributed by atoms with E-state index in [1.807, 2.05) is 6.07 Å². The number of hydrogen-bond acceptors (Lipinski definition) is 3. The number of methoxy groups -OCH3 is 1. The van der Waals surface area contributed by atoms with Gasteiger partial charge in [0.1, 0.15) is 5.75 Å². The van der Waals surface area contributed by atoms with Gasteiger partial charge in [0.15, 0.2) is 0 Å². The molecule has 100 valence electrons. The van der Waals surface area contributed by atoms with Crippen LogP contribution in [-0.2, 0) is 0 Å². The smallest absolute Gasteiger partial charge is 0.119 e. The zero-order chi connectivity index (χ0) is 13.4. The summed E-state index contributed by atoms with van der Waals surface area (Å²) in [5.74, 6) is 0.905. The molecule has 0 bridgehead atoms. The Labute approximate surface area is 114 Å². The third-order valence-electron chi connectivity index (χ3n) is 4.04. The second kappa shape index (κ2) is 4.83. The number of benzene rings is 2. The molecule has 1 fully saturated rings. The Bertz CT molecular complexity index is 590. The van der Waals surface area contributed by atoms with Gasteiger partial charge in [-0.3, -0.25) is 4.90 Å². The van der Waals surface area contributed by atoms with E-state index in [1.165, 1.54) is 16.3 Å². The molecule has 1 atom stereocenters. The van der Waals surface area contributed by atoms with E-state index in [0.29, 0.717) is 12.1 Å². The third kappa shape index (κ3) is 2.31. The first-order valence-corrected chi connectivity index (χ1v) is 6.74. The molecule has 1 aliphatic heterocycles. The van der Waals surface area contributed by atoms with Crippen LogP contribution >= 0.6 is 0 Å². The molecule has 3 heteroatoms. The first kappa shape index (κ1) is 12.5. The SMILES string of the molecule is COc1ccc2cc(C(C)N3CC(N)C3)ccc2c1. The lowest BCUT2D eigenvalue weighted by molar-refractivity contribution is 0.103. The summed E-state index contributed by atoms with van der Waals surface area (Å²) in [6, 6.07) is 13.6. The van der Waals surface area contributed by atoms with Crippen LogP contribution in [0.4, 0.5) is 0 Å². The molecule has 3 nitrogen and oxygen atoms in total. The van der Waals surface area contributed by atoms with Gasteiger partial charge in [0.05, 0.1) is 7.11 Å². The highest BCUT2D eigenvalue weighted by Crippen LogP contribution is 2.28. The summed E-state index contributed by atoms with van der Waals surface area (Å²) in [6.07, 6.45) is 0. The fourth-order valence-electron chi connectivity index (χ4n) is 2.71. The summed E-state index contributed by atoms with van der Waals surface area (Å²) in [6.45, 7) is 4.25. The molecule has 0 amide bonds. The zero-order valence-electron chi connectivity index (χ0n) is 11.5. The van der Waals surface area contributed by atoms with Crippen molar-refractivity contribution in [3.05, 3.63) is 42.0 Å². The van der Waals surface area contributed by atoms with Crippen LogP contribution in [0.1, 0.15) is 18.5 Å². The van der Waals surface area contributed by atoms with Crippen LogP contribution < -0.4 is 10.5 Å². The summed E-state index contributed by atoms with van der Waals surface area (Å²) in [5.41, 5.74) is 7.20. The van der Waals surface area contributed by atoms with Crippen LogP contribution in [0.5, 0.6) is 5.75 Å². The lowest BCUT2D eigenvalue weighted by Gasteiger charge is -2.41. The van der Waals surface area contributed by atoms with E-state index in [-0.39, 0.29) is 0 Å². The van der Waals surface area contributed by atoms with Crippen LogP contribution in [-0.4, -0.2) is 31.1 Å². The van der Waals surface area contributed by atoms with Crippen molar-refractivity contribution in [1.82, 2.24) is 4.90 Å². The first-order chi connectivity index (χ1) is 9.17. The van der Waals surface area contributed by atoms with Gasteiger partial charge >= 0.3 is 0 Å². The van der Waals surface area contributed by atoms with Gasteiger partial charge in [-0.1, -0.05) is 18.2 Å². The average Bonchev–Trinajstić information content (AvgIpc) is 2.42. The van der Waals surface area contributed by atoms with Crippen molar-refractivity contribution in [3.63, 3.8) is 0 Å². The summed E-state index contributed by atoms with van der Waals surface area (Å²) in [4.78, 5) is 2.41. The highest BCUT2D eigenvalue weighted by molar-refractivity contribution is 5.84. The van der Waals surface area contributed by atoms with Crippen molar-refractivity contribution >= 4 is 10.8 Å². The van der Waals surface area contributed by atoms with Gasteiger partial charge in [-0.15, -0.1) is 0 Å². The van der Waals surface area contributed by atoms with Gasteiger partial charge in [0.2, 0.25) is 0 Å². The molecule has 0 aliphatic carbocycles. The van der Waals surface area contributed by atoms with E-state index in [2.05, 4.69) is 42.2 Å². The monoisotopic (exact) mass is 256 g/mol. The van der Waals surface area contributed by atoms with Gasteiger partial charge in [0, 0.05) is 25.2 Å². The Kier molecular flexibility index (Phi) is 3.17. The van der Waals surface area contributed by atoms with E-state index in [1.54, 1.807) is 7.11 Å². The predicted octanol–water partition coefficient (Wildman–Crippen LogP) is 2.55. The molecule has 0 radical (unpaired) electrons. The summed E-state index contributed by atoms with van der Waals surface area (Å²) >= 11 is 0. The molecule has 1 unspecified atom stereocenters. The number of likely N-dealkylation sites (tertiary alicyclic amines) is 1. The van der Waals surface area contributed by atoms with Crippen LogP contribution in [0.2, 0.25) is 0 Å². The van der Waals surface area contributed by atoms with Crippen molar-refractivity contribution in [2.24, 2.45) is 5.73 Å². The second-order valence-electron chi connectivity index (χ2n) is 5.36. The minimum atomic E-state index is 0.354. The molecule has 2 aromatic rings. The summed E-state index contributed by atoms with van der Waals surface area (Å²) in [7, 11) is 1.70. The topological polar surface area (TPSA) is 38.5 Å². The Balaban J connectivity index is 1.89. The minimum Gasteiger partial charge on any atom is -0.497 e. The number of hydrogen-bond donors (Lipinski definition) is 1. The number of rotatable bonds is 3. The Morgan fingerprint density at radius 3 is 2.53 bits per heavy atom. The molecule has 1 heterocycles. The van der Waals surface area contributed by atoms with E-state index < -0.39 is 0 Å². The minimum absolute atomic E-state index is 0.354. The molecule has 0 aromatic heterocycles. The average molecular weight is 256 g/mol. The third-order valence-corrected chi connectivity index (χ3v) is 4.04. The maximum Gasteiger partial charge on any atom is 0.119 e. The van der Waals surface area contributed by atoms with E-state index in [0.717, 1.165) is 18.8 Å². The van der Waals surface area contributed by atoms with Crippen molar-refractivity contribution < 1.29 is 4.74 Å². The molecule has 2 aromatic carbocycles. The summed E-state index contributed by atoms with van der Waals surface area (Å²) < 4.78 is 5.25. The van der Waals surface area contributed by atoms with Gasteiger partial charge < -0.3 is 10.5 Å². The van der Waals surface area contributed by atoms with Gasteiger partial charge in [-0.2, -0.15) is 0 Å². The molecule has 3 rings (SSSR count). The normalized spacial score (nSPS) is 18.3. The predicted molar refractivity (Wildman–Crippen MR) is 78.5 cm³/mol. The van der Waals surface area contributed by atoms with Gasteiger partial charge in [0.25, 0.3) is 0 Å². The van der Waals surface area contributed by atoms with E-state index >= 15 is 0 Å². The Hall–Kier alpha value is -1.58. The Morgan fingerprint density at radius 2 is 1.84 bits per heavy atom. The molecule has 1 saturated heterocycles. The van der Waals surface area contributed by atoms with Crippen LogP contribution in [0, 0.1) is 0 Å². The molecular formula is C16H20N2O. The molecule has 0 spiro atoms. The molecule has 0 saturated carbocycles. The van der Waals surface area contributed by atoms with Crippen LogP contribution in [0.3, 0.4) is 0 Å². The molecule has 1 aliphatic rings. The number of nitrogens with two attached hydrogens (primary N) is 1. The van der Waals surface area contributed by atoms with Crippen molar-refractivity contribution in [2.45, 2.75) is 19.0 Å². The fraction of sp³-hybridized carbons (Fsp3) is 0.375. The quantitative estimate of drug-likeness (QED) is 0.917. The van der Waals surface area contributed by atoms with Crippen molar-refractivity contribution in [2.75, 3.05) is 20.2 Å². The largest absolute Gasteiger partial charge is 0.497 e. The van der Waals surface area contributed by atoms with Gasteiger partial charge in [-0.05, 0) is 41.5 Å². The number of fused-ring (bicyclic) bond motifs is 1. The number of ether oxygens (including phenoxy) is 1. The maximum atomic E-state index is 5.85. The van der Waals surface area contributed by atoms with Gasteiger partial charge in [-0.25, -0.2) is 0 Å². The molecule has 2 N–H and O–H groups in total. The van der Waals surface area contributed by atoms with Crippen LogP contribution in [0.15, 0.2) is 36.4 Å². The molecule has 19 heavy (non-hydrogen) atoms. The fourth-order valence-corrected chi connectivity index (χ4v) is 2.71. The highest BCUT2D eigenvalue weighted by atomic mass is 16.5. The maximum absolute atomic E-state index is 5.85. The lowest BCUT2D eigenvalue weighted by Crippen LogP contribution is -2.56. The lowest BCUT2D eigenvalue weighted by atomic mass is 9.98. The number of nitrogens with zero attached hydrogens (tertiary/aromatic N) is 1. The van der Waals surface area contributed by atoms with Crippen molar-refractivity contribution in [3.8, 4) is 5.75 Å². The van der Waals surface area contributed by atoms with E-state index in [4.69, 9.17) is 10.5 Å². The van der Waals surface area contributed by atoms with E-state index in [9.17, 15) is 0 Å². The molecular weight excluding hydrogens is 236 g/mol. The second-order valence-corrected chi connectivity index (χ2v) is 5.36. The Morgan fingerprint density at radius 1 is 1.16 bits per heavy atom. The standard InChI is InChI=1S/C16H20N2O/c1-11(18-9-15(17)10-18)12-3-4-14-8-16(19-2)6-5-13(14)7-12/h3-8,11,15H,9-10,17H2,1-2H3.